The third-order valence-electron chi connectivity index (χ3n) is 8.64. The van der Waals surface area contributed by atoms with E-state index in [1.807, 2.05) is 91.9 Å². The number of anilines is 2. The van der Waals surface area contributed by atoms with Gasteiger partial charge in [0, 0.05) is 65.7 Å². The number of methoxy groups -OCH3 is 2. The molecule has 0 atom stereocenters. The van der Waals surface area contributed by atoms with Crippen LogP contribution in [-0.2, 0) is 17.9 Å². The largest absolute Gasteiger partial charge is 0.497 e. The Kier molecular flexibility index (Phi) is 15.8. The molecule has 4 N–H and O–H groups in total. The molecule has 0 radical (unpaired) electrons. The summed E-state index contributed by atoms with van der Waals surface area (Å²) < 4.78 is 14.9. The molecule has 6 rings (SSSR count). The van der Waals surface area contributed by atoms with Gasteiger partial charge in [-0.05, 0) is 73.5 Å². The first-order valence-corrected chi connectivity index (χ1v) is 18.7. The summed E-state index contributed by atoms with van der Waals surface area (Å²) >= 11 is 10.7. The Morgan fingerprint density at radius 3 is 1.62 bits per heavy atom. The first-order valence-electron chi connectivity index (χ1n) is 17.6. The molecule has 0 fully saturated rings. The lowest BCUT2D eigenvalue weighted by atomic mass is 10.1. The van der Waals surface area contributed by atoms with Gasteiger partial charge in [-0.2, -0.15) is 10.5 Å². The van der Waals surface area contributed by atoms with E-state index in [2.05, 4.69) is 43.8 Å². The maximum absolute atomic E-state index is 11.8. The Hall–Kier alpha value is -6.43. The fraction of sp³-hybridized carbons (Fsp3) is 0.238. The molecule has 2 heterocycles. The number of isocyanates is 1. The highest BCUT2D eigenvalue weighted by atomic mass is 35.5. The number of halogens is 2. The van der Waals surface area contributed by atoms with E-state index >= 15 is 0 Å². The molecule has 2 amide bonds. The van der Waals surface area contributed by atoms with E-state index in [0.29, 0.717) is 53.9 Å². The monoisotopic (exact) mass is 792 g/mol. The summed E-state index contributed by atoms with van der Waals surface area (Å²) in [5, 5.41) is 26.7. The number of aliphatic imine (C=N–C) groups is 1. The number of nitrogen functional groups attached to an aromatic ring is 1. The van der Waals surface area contributed by atoms with E-state index in [4.69, 9.17) is 38.4 Å². The molecule has 0 spiro atoms. The standard InChI is InChI=1S/C21H21ClN4O2.C18H17N3O.C3H4ClNO/c1-3-26-19-12-16(28-2)8-9-17(19)18(13-23)20(26)14-4-6-15(7-5-14)25-21(27)24-11-10-22;1-3-21-17-10-14(22-2)8-9-15(17)16(11-19)18(21)12-4-6-13(20)7-5-12;4-1-2-5-3-6/h4-9,12H,3,10-11H2,1-2H3,(H2,24,25,27);4-10H,3,20H2,1-2H3;1-2H2. The van der Waals surface area contributed by atoms with E-state index in [1.54, 1.807) is 14.2 Å². The van der Waals surface area contributed by atoms with Crippen molar-refractivity contribution in [2.24, 2.45) is 4.99 Å². The number of benzene rings is 4. The van der Waals surface area contributed by atoms with Gasteiger partial charge in [-0.25, -0.2) is 14.6 Å². The molecule has 12 nitrogen and oxygen atoms in total. The number of fused-ring (bicyclic) bond motifs is 2. The highest BCUT2D eigenvalue weighted by Gasteiger charge is 2.20. The molecule has 4 aromatic carbocycles. The number of amides is 2. The number of alkyl halides is 2. The zero-order chi connectivity index (χ0) is 40.6. The molecule has 0 saturated carbocycles. The third-order valence-corrected chi connectivity index (χ3v) is 9.00. The van der Waals surface area contributed by atoms with Crippen LogP contribution in [0.25, 0.3) is 44.3 Å². The van der Waals surface area contributed by atoms with Crippen molar-refractivity contribution in [2.45, 2.75) is 26.9 Å². The van der Waals surface area contributed by atoms with Crippen LogP contribution < -0.4 is 25.8 Å². The first kappa shape index (κ1) is 42.3. The van der Waals surface area contributed by atoms with Crippen molar-refractivity contribution in [3.63, 3.8) is 0 Å². The number of ether oxygens (including phenoxy) is 2. The maximum atomic E-state index is 11.8. The number of nitrogens with zero attached hydrogens (tertiary/aromatic N) is 5. The van der Waals surface area contributed by atoms with Crippen LogP contribution >= 0.6 is 23.2 Å². The number of hydrogen-bond acceptors (Lipinski definition) is 8. The van der Waals surface area contributed by atoms with Crippen LogP contribution in [0.3, 0.4) is 0 Å². The van der Waals surface area contributed by atoms with Gasteiger partial charge in [-0.1, -0.05) is 24.3 Å². The second-order valence-electron chi connectivity index (χ2n) is 11.9. The van der Waals surface area contributed by atoms with Crippen LogP contribution in [-0.4, -0.2) is 60.3 Å². The molecular formula is C42H42Cl2N8O4. The summed E-state index contributed by atoms with van der Waals surface area (Å²) in [5.41, 5.74) is 14.1. The molecule has 0 aliphatic carbocycles. The molecule has 0 saturated heterocycles. The van der Waals surface area contributed by atoms with E-state index in [9.17, 15) is 20.1 Å². The summed E-state index contributed by atoms with van der Waals surface area (Å²) in [6, 6.07) is 31.0. The van der Waals surface area contributed by atoms with Gasteiger partial charge >= 0.3 is 6.03 Å². The summed E-state index contributed by atoms with van der Waals surface area (Å²) in [5.74, 6) is 2.29. The Bertz CT molecular complexity index is 2400. The minimum absolute atomic E-state index is 0.305. The number of hydrogen-bond donors (Lipinski definition) is 3. The molecule has 0 bridgehead atoms. The van der Waals surface area contributed by atoms with Crippen molar-refractivity contribution >= 4 is 68.5 Å². The topological polar surface area (TPSA) is 172 Å². The van der Waals surface area contributed by atoms with Crippen molar-refractivity contribution in [1.29, 1.82) is 10.5 Å². The van der Waals surface area contributed by atoms with Crippen LogP contribution in [0, 0.1) is 22.7 Å². The van der Waals surface area contributed by atoms with Gasteiger partial charge in [0.15, 0.2) is 0 Å². The van der Waals surface area contributed by atoms with Crippen LogP contribution in [0.4, 0.5) is 16.2 Å². The zero-order valence-electron chi connectivity index (χ0n) is 31.5. The SMILES string of the molecule is CCn1c(-c2ccc(N)cc2)c(C#N)c2ccc(OC)cc21.CCn1c(-c2ccc(NC(=O)NCCCl)cc2)c(C#N)c2ccc(OC)cc21.O=C=NCCCl. The summed E-state index contributed by atoms with van der Waals surface area (Å²) in [6.45, 7) is 6.37. The van der Waals surface area contributed by atoms with E-state index < -0.39 is 0 Å². The predicted octanol–water partition coefficient (Wildman–Crippen LogP) is 8.92. The average molecular weight is 794 g/mol. The van der Waals surface area contributed by atoms with E-state index in [0.717, 1.165) is 62.4 Å². The van der Waals surface area contributed by atoms with Crippen molar-refractivity contribution in [2.75, 3.05) is 50.1 Å². The van der Waals surface area contributed by atoms with Gasteiger partial charge in [-0.3, -0.25) is 0 Å². The van der Waals surface area contributed by atoms with Gasteiger partial charge < -0.3 is 35.0 Å². The van der Waals surface area contributed by atoms with Crippen LogP contribution in [0.5, 0.6) is 11.5 Å². The molecule has 0 aliphatic rings. The molecule has 0 aliphatic heterocycles. The number of rotatable bonds is 11. The second-order valence-corrected chi connectivity index (χ2v) is 12.6. The molecule has 6 aromatic rings. The van der Waals surface area contributed by atoms with Crippen molar-refractivity contribution in [1.82, 2.24) is 14.5 Å². The molecular weight excluding hydrogens is 751 g/mol. The normalized spacial score (nSPS) is 10.1. The Morgan fingerprint density at radius 1 is 0.768 bits per heavy atom. The van der Waals surface area contributed by atoms with Crippen molar-refractivity contribution in [3.05, 3.63) is 96.1 Å². The quantitative estimate of drug-likeness (QED) is 0.0508. The van der Waals surface area contributed by atoms with E-state index in [-0.39, 0.29) is 6.03 Å². The maximum Gasteiger partial charge on any atom is 0.319 e. The highest BCUT2D eigenvalue weighted by molar-refractivity contribution is 6.18. The van der Waals surface area contributed by atoms with Crippen LogP contribution in [0.2, 0.25) is 0 Å². The second kappa shape index (κ2) is 20.9. The Morgan fingerprint density at radius 2 is 1.25 bits per heavy atom. The lowest BCUT2D eigenvalue weighted by Gasteiger charge is -2.11. The van der Waals surface area contributed by atoms with E-state index in [1.165, 1.54) is 6.08 Å². The minimum atomic E-state index is -0.305. The number of aryl methyl sites for hydroxylation is 2. The number of nitrogens with two attached hydrogens (primary N) is 1. The summed E-state index contributed by atoms with van der Waals surface area (Å²) in [4.78, 5) is 24.1. The van der Waals surface area contributed by atoms with Gasteiger partial charge in [0.1, 0.15) is 23.6 Å². The number of carbonyl (C=O) groups excluding carboxylic acids is 2. The molecule has 14 heteroatoms. The van der Waals surface area contributed by atoms with Gasteiger partial charge in [0.05, 0.1) is 54.3 Å². The fourth-order valence-electron chi connectivity index (χ4n) is 6.17. The fourth-order valence-corrected chi connectivity index (χ4v) is 6.35. The minimum Gasteiger partial charge on any atom is -0.497 e. The van der Waals surface area contributed by atoms with Gasteiger partial charge in [-0.15, -0.1) is 23.2 Å². The molecule has 288 valence electrons. The number of urea groups is 1. The lowest BCUT2D eigenvalue weighted by Crippen LogP contribution is -2.30. The third kappa shape index (κ3) is 9.81. The van der Waals surface area contributed by atoms with Crippen molar-refractivity contribution < 1.29 is 19.1 Å². The van der Waals surface area contributed by atoms with Crippen LogP contribution in [0.15, 0.2) is 89.9 Å². The zero-order valence-corrected chi connectivity index (χ0v) is 33.0. The lowest BCUT2D eigenvalue weighted by molar-refractivity contribution is 0.252. The highest BCUT2D eigenvalue weighted by Crippen LogP contribution is 2.37. The first-order chi connectivity index (χ1) is 27.2. The number of carbonyl (C=O) groups is 1. The average Bonchev–Trinajstić information content (AvgIpc) is 3.73. The van der Waals surface area contributed by atoms with Gasteiger partial charge in [0.2, 0.25) is 6.08 Å². The van der Waals surface area contributed by atoms with Crippen LogP contribution in [0.1, 0.15) is 25.0 Å². The Labute approximate surface area is 335 Å². The Balaban J connectivity index is 0.000000222. The molecule has 56 heavy (non-hydrogen) atoms. The number of nitrogens with one attached hydrogen (secondary N) is 2. The predicted molar refractivity (Wildman–Crippen MR) is 224 cm³/mol. The van der Waals surface area contributed by atoms with Crippen molar-refractivity contribution in [3.8, 4) is 46.2 Å². The summed E-state index contributed by atoms with van der Waals surface area (Å²) in [7, 11) is 3.27. The molecule has 2 aromatic heterocycles. The molecule has 0 unspecified atom stereocenters. The number of nitriles is 2. The van der Waals surface area contributed by atoms with Gasteiger partial charge in [0.25, 0.3) is 0 Å². The number of aromatic nitrogens is 2. The summed E-state index contributed by atoms with van der Waals surface area (Å²) in [6.07, 6.45) is 1.36. The smallest absolute Gasteiger partial charge is 0.319 e.